The molecular formula is C15H19N3OS. The number of amides is 1. The lowest BCUT2D eigenvalue weighted by Gasteiger charge is -2.18. The van der Waals surface area contributed by atoms with E-state index in [-0.39, 0.29) is 5.91 Å². The Hall–Kier alpha value is -2.01. The van der Waals surface area contributed by atoms with Crippen LogP contribution < -0.4 is 15.5 Å². The van der Waals surface area contributed by atoms with E-state index in [1.807, 2.05) is 37.7 Å². The Balaban J connectivity index is 2.09. The third kappa shape index (κ3) is 3.51. The number of carbonyl (C=O) groups is 1. The zero-order valence-corrected chi connectivity index (χ0v) is 12.8. The molecule has 1 aromatic heterocycles. The van der Waals surface area contributed by atoms with Gasteiger partial charge in [-0.15, -0.1) is 11.3 Å². The molecule has 20 heavy (non-hydrogen) atoms. The lowest BCUT2D eigenvalue weighted by Crippen LogP contribution is -2.12. The van der Waals surface area contributed by atoms with Gasteiger partial charge in [-0.05, 0) is 23.6 Å². The topological polar surface area (TPSA) is 44.4 Å². The summed E-state index contributed by atoms with van der Waals surface area (Å²) in [5.41, 5.74) is 3.11. The largest absolute Gasteiger partial charge is 0.378 e. The Morgan fingerprint density at radius 1 is 1.20 bits per heavy atom. The van der Waals surface area contributed by atoms with Crippen molar-refractivity contribution in [2.45, 2.75) is 13.5 Å². The van der Waals surface area contributed by atoms with Crippen LogP contribution in [0.2, 0.25) is 0 Å². The Morgan fingerprint density at radius 3 is 2.65 bits per heavy atom. The molecule has 0 saturated heterocycles. The van der Waals surface area contributed by atoms with E-state index in [0.29, 0.717) is 6.54 Å². The minimum Gasteiger partial charge on any atom is -0.378 e. The maximum Gasteiger partial charge on any atom is 0.221 e. The summed E-state index contributed by atoms with van der Waals surface area (Å²) < 4.78 is 0. The van der Waals surface area contributed by atoms with E-state index in [2.05, 4.69) is 27.7 Å². The Bertz CT molecular complexity index is 592. The zero-order chi connectivity index (χ0) is 14.5. The van der Waals surface area contributed by atoms with Crippen molar-refractivity contribution < 1.29 is 4.79 Å². The number of thiophene rings is 1. The van der Waals surface area contributed by atoms with Crippen molar-refractivity contribution in [3.8, 4) is 0 Å². The summed E-state index contributed by atoms with van der Waals surface area (Å²) in [4.78, 5) is 14.3. The molecule has 0 saturated carbocycles. The lowest BCUT2D eigenvalue weighted by atomic mass is 10.2. The van der Waals surface area contributed by atoms with E-state index in [1.165, 1.54) is 6.92 Å². The zero-order valence-electron chi connectivity index (χ0n) is 11.9. The van der Waals surface area contributed by atoms with Gasteiger partial charge in [-0.1, -0.05) is 12.1 Å². The smallest absolute Gasteiger partial charge is 0.221 e. The van der Waals surface area contributed by atoms with Gasteiger partial charge in [0.1, 0.15) is 0 Å². The first-order chi connectivity index (χ1) is 9.58. The number of anilines is 3. The van der Waals surface area contributed by atoms with E-state index in [9.17, 15) is 4.79 Å². The second-order valence-electron chi connectivity index (χ2n) is 4.70. The van der Waals surface area contributed by atoms with Crippen LogP contribution in [0.15, 0.2) is 35.7 Å². The van der Waals surface area contributed by atoms with E-state index >= 15 is 0 Å². The fourth-order valence-electron chi connectivity index (χ4n) is 1.97. The minimum absolute atomic E-state index is 0.0432. The Kier molecular flexibility index (Phi) is 4.63. The highest BCUT2D eigenvalue weighted by molar-refractivity contribution is 7.10. The molecule has 0 bridgehead atoms. The molecule has 0 radical (unpaired) electrons. The molecule has 106 valence electrons. The monoisotopic (exact) mass is 289 g/mol. The number of para-hydroxylation sites is 2. The molecule has 2 aromatic rings. The molecular weight excluding hydrogens is 270 g/mol. The van der Waals surface area contributed by atoms with Gasteiger partial charge in [0.15, 0.2) is 0 Å². The van der Waals surface area contributed by atoms with Crippen molar-refractivity contribution in [3.63, 3.8) is 0 Å². The van der Waals surface area contributed by atoms with Crippen LogP contribution in [0.4, 0.5) is 17.1 Å². The molecule has 0 unspecified atom stereocenters. The molecule has 1 heterocycles. The van der Waals surface area contributed by atoms with E-state index in [0.717, 1.165) is 21.9 Å². The third-order valence-electron chi connectivity index (χ3n) is 2.88. The molecule has 4 nitrogen and oxygen atoms in total. The first-order valence-corrected chi connectivity index (χ1v) is 7.30. The SMILES string of the molecule is CC(=O)Nc1ccsc1CNc1ccccc1N(C)C. The van der Waals surface area contributed by atoms with E-state index in [1.54, 1.807) is 11.3 Å². The van der Waals surface area contributed by atoms with E-state index < -0.39 is 0 Å². The first-order valence-electron chi connectivity index (χ1n) is 6.42. The molecule has 0 spiro atoms. The van der Waals surface area contributed by atoms with Crippen molar-refractivity contribution in [1.82, 2.24) is 0 Å². The summed E-state index contributed by atoms with van der Waals surface area (Å²) >= 11 is 1.63. The van der Waals surface area contributed by atoms with Gasteiger partial charge < -0.3 is 15.5 Å². The fourth-order valence-corrected chi connectivity index (χ4v) is 2.74. The average molecular weight is 289 g/mol. The Morgan fingerprint density at radius 2 is 1.95 bits per heavy atom. The summed E-state index contributed by atoms with van der Waals surface area (Å²) in [6.07, 6.45) is 0. The van der Waals surface area contributed by atoms with Gasteiger partial charge in [0.05, 0.1) is 23.6 Å². The normalized spacial score (nSPS) is 10.2. The quantitative estimate of drug-likeness (QED) is 0.887. The van der Waals surface area contributed by atoms with Gasteiger partial charge in [0, 0.05) is 25.9 Å². The molecule has 0 aliphatic heterocycles. The molecule has 0 aliphatic rings. The highest BCUT2D eigenvalue weighted by Crippen LogP contribution is 2.27. The van der Waals surface area contributed by atoms with Crippen molar-refractivity contribution in [2.24, 2.45) is 0 Å². The highest BCUT2D eigenvalue weighted by atomic mass is 32.1. The number of nitrogens with one attached hydrogen (secondary N) is 2. The third-order valence-corrected chi connectivity index (χ3v) is 3.80. The number of benzene rings is 1. The van der Waals surface area contributed by atoms with Crippen LogP contribution in [0.3, 0.4) is 0 Å². The van der Waals surface area contributed by atoms with Gasteiger partial charge in [-0.25, -0.2) is 0 Å². The van der Waals surface area contributed by atoms with Gasteiger partial charge in [0.2, 0.25) is 5.91 Å². The number of hydrogen-bond acceptors (Lipinski definition) is 4. The van der Waals surface area contributed by atoms with Crippen molar-refractivity contribution >= 4 is 34.3 Å². The van der Waals surface area contributed by atoms with Crippen molar-refractivity contribution in [1.29, 1.82) is 0 Å². The minimum atomic E-state index is -0.0432. The number of nitrogens with zero attached hydrogens (tertiary/aromatic N) is 1. The van der Waals surface area contributed by atoms with Crippen LogP contribution in [0.1, 0.15) is 11.8 Å². The van der Waals surface area contributed by atoms with Gasteiger partial charge >= 0.3 is 0 Å². The number of hydrogen-bond donors (Lipinski definition) is 2. The predicted molar refractivity (Wildman–Crippen MR) is 86.7 cm³/mol. The average Bonchev–Trinajstić information content (AvgIpc) is 2.83. The van der Waals surface area contributed by atoms with Crippen molar-refractivity contribution in [3.05, 3.63) is 40.6 Å². The lowest BCUT2D eigenvalue weighted by molar-refractivity contribution is -0.114. The fraction of sp³-hybridized carbons (Fsp3) is 0.267. The maximum atomic E-state index is 11.1. The molecule has 0 atom stereocenters. The molecule has 0 aliphatic carbocycles. The van der Waals surface area contributed by atoms with Crippen LogP contribution in [0.5, 0.6) is 0 Å². The van der Waals surface area contributed by atoms with Crippen LogP contribution in [-0.2, 0) is 11.3 Å². The second kappa shape index (κ2) is 6.43. The van der Waals surface area contributed by atoms with Gasteiger partial charge in [0.25, 0.3) is 0 Å². The molecule has 2 N–H and O–H groups in total. The second-order valence-corrected chi connectivity index (χ2v) is 5.70. The maximum absolute atomic E-state index is 11.1. The van der Waals surface area contributed by atoms with Gasteiger partial charge in [-0.3, -0.25) is 4.79 Å². The molecule has 1 aromatic carbocycles. The number of carbonyl (C=O) groups excluding carboxylic acids is 1. The molecule has 1 amide bonds. The van der Waals surface area contributed by atoms with Crippen LogP contribution in [0.25, 0.3) is 0 Å². The molecule has 5 heteroatoms. The highest BCUT2D eigenvalue weighted by Gasteiger charge is 2.07. The first kappa shape index (κ1) is 14.4. The standard InChI is InChI=1S/C15H19N3OS/c1-11(19)17-13-8-9-20-15(13)10-16-12-6-4-5-7-14(12)18(2)3/h4-9,16H,10H2,1-3H3,(H,17,19). The van der Waals surface area contributed by atoms with Crippen LogP contribution >= 0.6 is 11.3 Å². The van der Waals surface area contributed by atoms with Crippen molar-refractivity contribution in [2.75, 3.05) is 29.6 Å². The molecule has 2 rings (SSSR count). The summed E-state index contributed by atoms with van der Waals surface area (Å²) in [7, 11) is 4.04. The summed E-state index contributed by atoms with van der Waals surface area (Å²) in [5.74, 6) is -0.0432. The van der Waals surface area contributed by atoms with E-state index in [4.69, 9.17) is 0 Å². The summed E-state index contributed by atoms with van der Waals surface area (Å²) in [6, 6.07) is 10.1. The Labute approximate surface area is 123 Å². The summed E-state index contributed by atoms with van der Waals surface area (Å²) in [6.45, 7) is 2.22. The van der Waals surface area contributed by atoms with Crippen LogP contribution in [-0.4, -0.2) is 20.0 Å². The number of rotatable bonds is 5. The summed E-state index contributed by atoms with van der Waals surface area (Å²) in [5, 5.41) is 8.26. The van der Waals surface area contributed by atoms with Gasteiger partial charge in [-0.2, -0.15) is 0 Å². The molecule has 0 fully saturated rings. The predicted octanol–water partition coefficient (Wildman–Crippen LogP) is 3.38. The van der Waals surface area contributed by atoms with Crippen LogP contribution in [0, 0.1) is 0 Å².